The van der Waals surface area contributed by atoms with Gasteiger partial charge in [-0.25, -0.2) is 10.2 Å². The fourth-order valence-electron chi connectivity index (χ4n) is 2.30. The maximum absolute atomic E-state index is 11.8. The van der Waals surface area contributed by atoms with Gasteiger partial charge in [0.15, 0.2) is 0 Å². The first-order chi connectivity index (χ1) is 13.2. The maximum atomic E-state index is 11.8. The van der Waals surface area contributed by atoms with Gasteiger partial charge < -0.3 is 10.1 Å². The van der Waals surface area contributed by atoms with Crippen molar-refractivity contribution >= 4 is 29.5 Å². The Morgan fingerprint density at radius 2 is 1.70 bits per heavy atom. The molecular weight excluding hydrogens is 362 g/mol. The Kier molecular flexibility index (Phi) is 6.44. The van der Waals surface area contributed by atoms with Gasteiger partial charge in [0.25, 0.3) is 0 Å². The molecule has 0 fully saturated rings. The zero-order valence-electron chi connectivity index (χ0n) is 14.4. The molecule has 2 amide bonds. The molecule has 0 bridgehead atoms. The molecular formula is C21H18ClN3O2. The van der Waals surface area contributed by atoms with Crippen molar-refractivity contribution in [3.05, 3.63) is 95.0 Å². The molecule has 0 spiro atoms. The predicted octanol–water partition coefficient (Wildman–Crippen LogP) is 5.07. The fourth-order valence-corrected chi connectivity index (χ4v) is 2.54. The molecule has 0 unspecified atom stereocenters. The summed E-state index contributed by atoms with van der Waals surface area (Å²) in [6.07, 6.45) is 1.51. The number of carbonyl (C=O) groups excluding carboxylic acids is 1. The van der Waals surface area contributed by atoms with Gasteiger partial charge in [0, 0.05) is 5.69 Å². The number of para-hydroxylation sites is 1. The first kappa shape index (κ1) is 18.5. The monoisotopic (exact) mass is 379 g/mol. The minimum atomic E-state index is -0.425. The van der Waals surface area contributed by atoms with E-state index in [-0.39, 0.29) is 0 Å². The lowest BCUT2D eigenvalue weighted by Gasteiger charge is -2.08. The topological polar surface area (TPSA) is 62.7 Å². The molecule has 2 N–H and O–H groups in total. The van der Waals surface area contributed by atoms with E-state index in [1.165, 1.54) is 6.21 Å². The van der Waals surface area contributed by atoms with E-state index >= 15 is 0 Å². The van der Waals surface area contributed by atoms with Gasteiger partial charge in [-0.1, -0.05) is 60.1 Å². The van der Waals surface area contributed by atoms with Gasteiger partial charge in [-0.2, -0.15) is 5.10 Å². The molecule has 0 aliphatic carbocycles. The second-order valence-electron chi connectivity index (χ2n) is 5.65. The third-order valence-electron chi connectivity index (χ3n) is 3.60. The average molecular weight is 380 g/mol. The summed E-state index contributed by atoms with van der Waals surface area (Å²) in [5, 5.41) is 7.06. The van der Waals surface area contributed by atoms with Crippen LogP contribution in [0.1, 0.15) is 11.1 Å². The SMILES string of the molecule is O=C(N/N=C/c1ccc(OCc2ccccc2)c(Cl)c1)Nc1ccccc1. The smallest absolute Gasteiger partial charge is 0.339 e. The van der Waals surface area contributed by atoms with Crippen molar-refractivity contribution in [3.63, 3.8) is 0 Å². The zero-order chi connectivity index (χ0) is 18.9. The van der Waals surface area contributed by atoms with Gasteiger partial charge in [0.1, 0.15) is 12.4 Å². The second-order valence-corrected chi connectivity index (χ2v) is 6.06. The molecule has 3 aromatic carbocycles. The van der Waals surface area contributed by atoms with Crippen molar-refractivity contribution in [1.29, 1.82) is 0 Å². The number of rotatable bonds is 6. The Morgan fingerprint density at radius 1 is 1.00 bits per heavy atom. The third kappa shape index (κ3) is 5.87. The lowest BCUT2D eigenvalue weighted by molar-refractivity contribution is 0.252. The molecule has 0 saturated heterocycles. The molecule has 0 aliphatic heterocycles. The highest BCUT2D eigenvalue weighted by atomic mass is 35.5. The maximum Gasteiger partial charge on any atom is 0.339 e. The summed E-state index contributed by atoms with van der Waals surface area (Å²) >= 11 is 6.26. The number of ether oxygens (including phenoxy) is 1. The van der Waals surface area contributed by atoms with E-state index in [0.29, 0.717) is 23.1 Å². The van der Waals surface area contributed by atoms with Gasteiger partial charge in [-0.3, -0.25) is 0 Å². The largest absolute Gasteiger partial charge is 0.487 e. The number of urea groups is 1. The van der Waals surface area contributed by atoms with Crippen LogP contribution in [0.2, 0.25) is 5.02 Å². The van der Waals surface area contributed by atoms with E-state index in [1.807, 2.05) is 54.6 Å². The van der Waals surface area contributed by atoms with Crippen molar-refractivity contribution in [2.24, 2.45) is 5.10 Å². The Morgan fingerprint density at radius 3 is 2.41 bits per heavy atom. The van der Waals surface area contributed by atoms with E-state index in [1.54, 1.807) is 24.3 Å². The number of hydrogen-bond acceptors (Lipinski definition) is 3. The van der Waals surface area contributed by atoms with E-state index in [2.05, 4.69) is 15.8 Å². The van der Waals surface area contributed by atoms with Gasteiger partial charge in [0.2, 0.25) is 0 Å². The fraction of sp³-hybridized carbons (Fsp3) is 0.0476. The molecule has 0 radical (unpaired) electrons. The number of nitrogens with zero attached hydrogens (tertiary/aromatic N) is 1. The van der Waals surface area contributed by atoms with Crippen molar-refractivity contribution in [1.82, 2.24) is 5.43 Å². The van der Waals surface area contributed by atoms with E-state index in [4.69, 9.17) is 16.3 Å². The van der Waals surface area contributed by atoms with Crippen LogP contribution in [0.3, 0.4) is 0 Å². The highest BCUT2D eigenvalue weighted by molar-refractivity contribution is 6.32. The molecule has 0 heterocycles. The number of anilines is 1. The first-order valence-electron chi connectivity index (χ1n) is 8.32. The van der Waals surface area contributed by atoms with Crippen LogP contribution < -0.4 is 15.5 Å². The lowest BCUT2D eigenvalue weighted by atomic mass is 10.2. The molecule has 0 saturated carbocycles. The number of halogens is 1. The van der Waals surface area contributed by atoms with Crippen molar-refractivity contribution < 1.29 is 9.53 Å². The first-order valence-corrected chi connectivity index (χ1v) is 8.70. The highest BCUT2D eigenvalue weighted by Crippen LogP contribution is 2.25. The molecule has 6 heteroatoms. The van der Waals surface area contributed by atoms with Gasteiger partial charge in [-0.15, -0.1) is 0 Å². The number of carbonyl (C=O) groups is 1. The standard InChI is InChI=1S/C21H18ClN3O2/c22-19-13-17(11-12-20(19)27-15-16-7-3-1-4-8-16)14-23-25-21(26)24-18-9-5-2-6-10-18/h1-14H,15H2,(H2,24,25,26)/b23-14+. The lowest BCUT2D eigenvalue weighted by Crippen LogP contribution is -2.24. The highest BCUT2D eigenvalue weighted by Gasteiger charge is 2.03. The van der Waals surface area contributed by atoms with Crippen LogP contribution in [0.15, 0.2) is 84.0 Å². The molecule has 27 heavy (non-hydrogen) atoms. The summed E-state index contributed by atoms with van der Waals surface area (Å²) in [7, 11) is 0. The molecule has 0 aliphatic rings. The van der Waals surface area contributed by atoms with Crippen LogP contribution in [0, 0.1) is 0 Å². The molecule has 136 valence electrons. The van der Waals surface area contributed by atoms with Crippen molar-refractivity contribution in [2.75, 3.05) is 5.32 Å². The molecule has 0 aromatic heterocycles. The van der Waals surface area contributed by atoms with Crippen LogP contribution >= 0.6 is 11.6 Å². The number of nitrogens with one attached hydrogen (secondary N) is 2. The van der Waals surface area contributed by atoms with Crippen LogP contribution in [-0.2, 0) is 6.61 Å². The summed E-state index contributed by atoms with van der Waals surface area (Å²) < 4.78 is 5.73. The quantitative estimate of drug-likeness (QED) is 0.463. The second kappa shape index (κ2) is 9.40. The van der Waals surface area contributed by atoms with Crippen molar-refractivity contribution in [2.45, 2.75) is 6.61 Å². The Hall–Kier alpha value is -3.31. The summed E-state index contributed by atoms with van der Waals surface area (Å²) in [5.41, 5.74) is 4.90. The van der Waals surface area contributed by atoms with Crippen LogP contribution in [0.5, 0.6) is 5.75 Å². The number of benzene rings is 3. The van der Waals surface area contributed by atoms with Crippen LogP contribution in [0.25, 0.3) is 0 Å². The molecule has 0 atom stereocenters. The molecule has 5 nitrogen and oxygen atoms in total. The summed E-state index contributed by atoms with van der Waals surface area (Å²) in [6.45, 7) is 0.440. The number of amides is 2. The number of hydrazone groups is 1. The minimum Gasteiger partial charge on any atom is -0.487 e. The third-order valence-corrected chi connectivity index (χ3v) is 3.90. The van der Waals surface area contributed by atoms with E-state index < -0.39 is 6.03 Å². The van der Waals surface area contributed by atoms with Crippen molar-refractivity contribution in [3.8, 4) is 5.75 Å². The Bertz CT molecular complexity index is 915. The van der Waals surface area contributed by atoms with E-state index in [9.17, 15) is 4.79 Å². The Balaban J connectivity index is 1.52. The van der Waals surface area contributed by atoms with Gasteiger partial charge in [0.05, 0.1) is 11.2 Å². The van der Waals surface area contributed by atoms with Gasteiger partial charge >= 0.3 is 6.03 Å². The zero-order valence-corrected chi connectivity index (χ0v) is 15.2. The molecule has 3 rings (SSSR count). The van der Waals surface area contributed by atoms with E-state index in [0.717, 1.165) is 11.1 Å². The predicted molar refractivity (Wildman–Crippen MR) is 108 cm³/mol. The normalized spacial score (nSPS) is 10.6. The van der Waals surface area contributed by atoms with Gasteiger partial charge in [-0.05, 0) is 41.5 Å². The van der Waals surface area contributed by atoms with Crippen LogP contribution in [0.4, 0.5) is 10.5 Å². The van der Waals surface area contributed by atoms with Crippen LogP contribution in [-0.4, -0.2) is 12.2 Å². The Labute approximate surface area is 162 Å². The number of hydrogen-bond donors (Lipinski definition) is 2. The summed E-state index contributed by atoms with van der Waals surface area (Å²) in [6, 6.07) is 23.9. The molecule has 3 aromatic rings. The minimum absolute atomic E-state index is 0.425. The summed E-state index contributed by atoms with van der Waals surface area (Å²) in [4.78, 5) is 11.8. The summed E-state index contributed by atoms with van der Waals surface area (Å²) in [5.74, 6) is 0.590. The average Bonchev–Trinajstić information content (AvgIpc) is 2.69.